The summed E-state index contributed by atoms with van der Waals surface area (Å²) in [7, 11) is 1.75. The predicted octanol–water partition coefficient (Wildman–Crippen LogP) is 1.83. The molecule has 1 aliphatic heterocycles. The molecule has 0 aliphatic carbocycles. The van der Waals surface area contributed by atoms with Crippen LogP contribution in [0.5, 0.6) is 0 Å². The maximum atomic E-state index is 13.0. The van der Waals surface area contributed by atoms with Crippen LogP contribution in [0.15, 0.2) is 30.9 Å². The Bertz CT molecular complexity index is 752. The fraction of sp³-hybridized carbons (Fsp3) is 0.375. The van der Waals surface area contributed by atoms with Crippen LogP contribution < -0.4 is 10.2 Å². The zero-order valence-corrected chi connectivity index (χ0v) is 13.4. The molecular weight excluding hydrogens is 294 g/mol. The molecule has 120 valence electrons. The summed E-state index contributed by atoms with van der Waals surface area (Å²) in [4.78, 5) is 31.1. The van der Waals surface area contributed by atoms with Gasteiger partial charge in [-0.2, -0.15) is 5.10 Å². The Labute approximate surface area is 134 Å². The highest BCUT2D eigenvalue weighted by Gasteiger charge is 2.37. The lowest BCUT2D eigenvalue weighted by atomic mass is 9.98. The molecule has 3 rings (SSSR count). The molecule has 1 aliphatic rings. The van der Waals surface area contributed by atoms with Crippen molar-refractivity contribution in [3.8, 4) is 0 Å². The molecule has 23 heavy (non-hydrogen) atoms. The van der Waals surface area contributed by atoms with Crippen molar-refractivity contribution in [1.82, 2.24) is 14.8 Å². The largest absolute Gasteiger partial charge is 0.321 e. The number of nitrogens with zero attached hydrogens (tertiary/aromatic N) is 4. The number of amides is 2. The molecule has 3 heterocycles. The van der Waals surface area contributed by atoms with Gasteiger partial charge in [0.15, 0.2) is 0 Å². The molecular formula is C16H19N5O2. The van der Waals surface area contributed by atoms with E-state index in [4.69, 9.17) is 0 Å². The van der Waals surface area contributed by atoms with E-state index in [1.165, 1.54) is 6.20 Å². The third-order valence-corrected chi connectivity index (χ3v) is 3.80. The Morgan fingerprint density at radius 3 is 2.83 bits per heavy atom. The van der Waals surface area contributed by atoms with Gasteiger partial charge < -0.3 is 5.32 Å². The summed E-state index contributed by atoms with van der Waals surface area (Å²) in [6.07, 6.45) is 6.93. The van der Waals surface area contributed by atoms with Crippen molar-refractivity contribution in [3.63, 3.8) is 0 Å². The highest BCUT2D eigenvalue weighted by molar-refractivity contribution is 6.16. The average molecular weight is 313 g/mol. The molecule has 7 nitrogen and oxygen atoms in total. The zero-order valence-electron chi connectivity index (χ0n) is 13.4. The number of hydrogen-bond acceptors (Lipinski definition) is 4. The molecule has 2 amide bonds. The van der Waals surface area contributed by atoms with E-state index in [2.05, 4.69) is 15.4 Å². The summed E-state index contributed by atoms with van der Waals surface area (Å²) in [6.45, 7) is 4.06. The molecule has 0 bridgehead atoms. The Balaban J connectivity index is 2.07. The Hall–Kier alpha value is -2.70. The topological polar surface area (TPSA) is 80.1 Å². The minimum absolute atomic E-state index is 0.184. The van der Waals surface area contributed by atoms with Gasteiger partial charge in [-0.3, -0.25) is 24.2 Å². The maximum absolute atomic E-state index is 13.0. The summed E-state index contributed by atoms with van der Waals surface area (Å²) < 4.78 is 1.57. The molecule has 2 aromatic heterocycles. The number of pyridine rings is 1. The number of carbonyl (C=O) groups excluding carboxylic acids is 2. The number of carbonyl (C=O) groups is 2. The standard InChI is InChI=1S/C16H19N5O2/c1-10(2)6-14-15(22)19-12-8-17-5-4-13(12)21(14)16(23)11-7-18-20(3)9-11/h4-5,7-10,14H,6H2,1-3H3,(H,19,22). The highest BCUT2D eigenvalue weighted by Crippen LogP contribution is 2.34. The number of hydrogen-bond donors (Lipinski definition) is 1. The van der Waals surface area contributed by atoms with Crippen LogP contribution in [0.25, 0.3) is 0 Å². The van der Waals surface area contributed by atoms with Crippen LogP contribution >= 0.6 is 0 Å². The lowest BCUT2D eigenvalue weighted by molar-refractivity contribution is -0.117. The first-order valence-electron chi connectivity index (χ1n) is 7.54. The fourth-order valence-electron chi connectivity index (χ4n) is 2.78. The van der Waals surface area contributed by atoms with Gasteiger partial charge in [0.25, 0.3) is 5.91 Å². The van der Waals surface area contributed by atoms with Gasteiger partial charge in [0.2, 0.25) is 5.91 Å². The Morgan fingerprint density at radius 2 is 2.17 bits per heavy atom. The molecule has 7 heteroatoms. The van der Waals surface area contributed by atoms with E-state index in [1.54, 1.807) is 41.3 Å². The molecule has 2 aromatic rings. The molecule has 0 saturated heterocycles. The van der Waals surface area contributed by atoms with E-state index >= 15 is 0 Å². The van der Waals surface area contributed by atoms with Gasteiger partial charge in [0, 0.05) is 19.4 Å². The van der Waals surface area contributed by atoms with Gasteiger partial charge in [-0.05, 0) is 18.4 Å². The zero-order chi connectivity index (χ0) is 16.6. The molecule has 1 atom stereocenters. The number of fused-ring (bicyclic) bond motifs is 1. The minimum atomic E-state index is -0.544. The van der Waals surface area contributed by atoms with Crippen molar-refractivity contribution in [2.24, 2.45) is 13.0 Å². The molecule has 0 fully saturated rings. The van der Waals surface area contributed by atoms with Crippen molar-refractivity contribution in [2.45, 2.75) is 26.3 Å². The highest BCUT2D eigenvalue weighted by atomic mass is 16.2. The van der Waals surface area contributed by atoms with Crippen molar-refractivity contribution in [3.05, 3.63) is 36.4 Å². The smallest absolute Gasteiger partial charge is 0.262 e. The summed E-state index contributed by atoms with van der Waals surface area (Å²) in [6, 6.07) is 1.20. The van der Waals surface area contributed by atoms with Crippen LogP contribution in [0.3, 0.4) is 0 Å². The first-order valence-corrected chi connectivity index (χ1v) is 7.54. The van der Waals surface area contributed by atoms with Crippen LogP contribution in [-0.2, 0) is 11.8 Å². The molecule has 0 spiro atoms. The first-order chi connectivity index (χ1) is 11.0. The maximum Gasteiger partial charge on any atom is 0.262 e. The summed E-state index contributed by atoms with van der Waals surface area (Å²) in [5.41, 5.74) is 1.67. The van der Waals surface area contributed by atoms with E-state index in [9.17, 15) is 9.59 Å². The van der Waals surface area contributed by atoms with Crippen LogP contribution in [0.2, 0.25) is 0 Å². The van der Waals surface area contributed by atoms with Crippen LogP contribution in [0, 0.1) is 5.92 Å². The van der Waals surface area contributed by atoms with Crippen LogP contribution in [0.4, 0.5) is 11.4 Å². The molecule has 0 saturated carbocycles. The normalized spacial score (nSPS) is 17.1. The summed E-state index contributed by atoms with van der Waals surface area (Å²) >= 11 is 0. The third-order valence-electron chi connectivity index (χ3n) is 3.80. The quantitative estimate of drug-likeness (QED) is 0.937. The van der Waals surface area contributed by atoms with Crippen molar-refractivity contribution >= 4 is 23.2 Å². The van der Waals surface area contributed by atoms with E-state index < -0.39 is 6.04 Å². The number of aryl methyl sites for hydroxylation is 1. The minimum Gasteiger partial charge on any atom is -0.321 e. The van der Waals surface area contributed by atoms with E-state index in [1.807, 2.05) is 13.8 Å². The fourth-order valence-corrected chi connectivity index (χ4v) is 2.78. The van der Waals surface area contributed by atoms with Gasteiger partial charge in [0.1, 0.15) is 6.04 Å². The van der Waals surface area contributed by atoms with Gasteiger partial charge in [-0.1, -0.05) is 13.8 Å². The third kappa shape index (κ3) is 2.81. The second-order valence-electron chi connectivity index (χ2n) is 6.11. The van der Waals surface area contributed by atoms with E-state index in [-0.39, 0.29) is 17.7 Å². The summed E-state index contributed by atoms with van der Waals surface area (Å²) in [5.74, 6) is -0.138. The van der Waals surface area contributed by atoms with Crippen LogP contribution in [-0.4, -0.2) is 32.6 Å². The second kappa shape index (κ2) is 5.83. The Kier molecular flexibility index (Phi) is 3.85. The van der Waals surface area contributed by atoms with Gasteiger partial charge >= 0.3 is 0 Å². The van der Waals surface area contributed by atoms with Crippen molar-refractivity contribution in [2.75, 3.05) is 10.2 Å². The monoisotopic (exact) mass is 313 g/mol. The average Bonchev–Trinajstić information content (AvgIpc) is 2.93. The lowest BCUT2D eigenvalue weighted by Gasteiger charge is -2.36. The van der Waals surface area contributed by atoms with E-state index in [0.29, 0.717) is 23.4 Å². The number of nitrogens with one attached hydrogen (secondary N) is 1. The SMILES string of the molecule is CC(C)CC1C(=O)Nc2cnccc2N1C(=O)c1cnn(C)c1. The lowest BCUT2D eigenvalue weighted by Crippen LogP contribution is -2.51. The molecule has 1 unspecified atom stereocenters. The summed E-state index contributed by atoms with van der Waals surface area (Å²) in [5, 5.41) is 6.89. The predicted molar refractivity (Wildman–Crippen MR) is 86.1 cm³/mol. The second-order valence-corrected chi connectivity index (χ2v) is 6.11. The van der Waals surface area contributed by atoms with Gasteiger partial charge in [-0.15, -0.1) is 0 Å². The van der Waals surface area contributed by atoms with Crippen molar-refractivity contribution < 1.29 is 9.59 Å². The Morgan fingerprint density at radius 1 is 1.39 bits per heavy atom. The van der Waals surface area contributed by atoms with Gasteiger partial charge in [-0.25, -0.2) is 0 Å². The molecule has 1 N–H and O–H groups in total. The van der Waals surface area contributed by atoms with Crippen molar-refractivity contribution in [1.29, 1.82) is 0 Å². The number of aromatic nitrogens is 3. The van der Waals surface area contributed by atoms with Gasteiger partial charge in [0.05, 0.1) is 29.3 Å². The van der Waals surface area contributed by atoms with Crippen LogP contribution in [0.1, 0.15) is 30.6 Å². The molecule has 0 radical (unpaired) electrons. The van der Waals surface area contributed by atoms with E-state index in [0.717, 1.165) is 0 Å². The molecule has 0 aromatic carbocycles. The number of anilines is 2. The first kappa shape index (κ1) is 15.2. The number of rotatable bonds is 3.